The van der Waals surface area contributed by atoms with Gasteiger partial charge in [0.1, 0.15) is 23.7 Å². The highest BCUT2D eigenvalue weighted by Crippen LogP contribution is 2.36. The number of aromatic amines is 2. The summed E-state index contributed by atoms with van der Waals surface area (Å²) in [6, 6.07) is 33.3. The quantitative estimate of drug-likeness (QED) is 0.109. The molecule has 8 rings (SSSR count). The number of hydrogen-bond donors (Lipinski definition) is 4. The molecule has 0 spiro atoms. The minimum absolute atomic E-state index is 0.144. The van der Waals surface area contributed by atoms with Crippen molar-refractivity contribution in [3.05, 3.63) is 144 Å². The van der Waals surface area contributed by atoms with Crippen LogP contribution < -0.4 is 10.6 Å². The average Bonchev–Trinajstić information content (AvgIpc) is 4.09. The summed E-state index contributed by atoms with van der Waals surface area (Å²) in [5.74, 6) is 0.650. The molecule has 2 aliphatic heterocycles. The Kier molecular flexibility index (Phi) is 11.0. The summed E-state index contributed by atoms with van der Waals surface area (Å²) in [6.07, 6.45) is 6.88. The fourth-order valence-corrected chi connectivity index (χ4v) is 8.22. The summed E-state index contributed by atoms with van der Waals surface area (Å²) >= 11 is 0. The van der Waals surface area contributed by atoms with Crippen molar-refractivity contribution >= 4 is 23.6 Å². The monoisotopic (exact) mass is 774 g/mol. The van der Waals surface area contributed by atoms with Crippen molar-refractivity contribution in [2.75, 3.05) is 13.1 Å². The number of carbonyl (C=O) groups excluding carboxylic acids is 4. The molecule has 2 aromatic heterocycles. The molecule has 2 saturated heterocycles. The maximum Gasteiger partial charge on any atom is 0.250 e. The van der Waals surface area contributed by atoms with Crippen LogP contribution in [0.2, 0.25) is 0 Å². The molecule has 0 aliphatic carbocycles. The van der Waals surface area contributed by atoms with Gasteiger partial charge in [-0.05, 0) is 59.1 Å². The molecule has 2 unspecified atom stereocenters. The van der Waals surface area contributed by atoms with Crippen LogP contribution in [-0.2, 0) is 19.2 Å². The molecule has 294 valence electrons. The Labute approximate surface area is 337 Å². The predicted octanol–water partition coefficient (Wildman–Crippen LogP) is 7.22. The van der Waals surface area contributed by atoms with Crippen molar-refractivity contribution in [1.29, 1.82) is 0 Å². The number of imidazole rings is 2. The Bertz CT molecular complexity index is 2220. The van der Waals surface area contributed by atoms with Gasteiger partial charge in [-0.1, -0.05) is 109 Å². The molecule has 2 fully saturated rings. The van der Waals surface area contributed by atoms with Crippen molar-refractivity contribution in [2.45, 2.75) is 63.7 Å². The Morgan fingerprint density at radius 3 is 1.28 bits per heavy atom. The van der Waals surface area contributed by atoms with E-state index in [1.54, 1.807) is 0 Å². The van der Waals surface area contributed by atoms with Crippen LogP contribution in [0, 0.1) is 0 Å². The number of H-pyrrole nitrogens is 2. The summed E-state index contributed by atoms with van der Waals surface area (Å²) in [5, 5.41) is 5.69. The molecule has 4 aromatic carbocycles. The first kappa shape index (κ1) is 38.1. The fourth-order valence-electron chi connectivity index (χ4n) is 8.22. The lowest BCUT2D eigenvalue weighted by molar-refractivity contribution is -0.137. The number of carbonyl (C=O) groups is 4. The van der Waals surface area contributed by atoms with Crippen LogP contribution in [0.3, 0.4) is 0 Å². The van der Waals surface area contributed by atoms with Crippen molar-refractivity contribution in [2.24, 2.45) is 0 Å². The zero-order valence-corrected chi connectivity index (χ0v) is 32.5. The molecule has 12 nitrogen and oxygen atoms in total. The van der Waals surface area contributed by atoms with E-state index < -0.39 is 12.1 Å². The topological polar surface area (TPSA) is 156 Å². The zero-order chi connectivity index (χ0) is 40.2. The number of aromatic nitrogens is 4. The van der Waals surface area contributed by atoms with Crippen molar-refractivity contribution in [3.8, 4) is 33.6 Å². The third-order valence-corrected chi connectivity index (χ3v) is 11.1. The van der Waals surface area contributed by atoms with Gasteiger partial charge < -0.3 is 30.4 Å². The van der Waals surface area contributed by atoms with Gasteiger partial charge in [0, 0.05) is 26.9 Å². The normalized spacial score (nSPS) is 17.5. The summed E-state index contributed by atoms with van der Waals surface area (Å²) in [7, 11) is 0. The van der Waals surface area contributed by atoms with Crippen LogP contribution in [-0.4, -0.2) is 66.5 Å². The molecule has 2 aliphatic rings. The lowest BCUT2D eigenvalue weighted by Gasteiger charge is -2.28. The molecule has 0 bridgehead atoms. The Morgan fingerprint density at radius 1 is 0.552 bits per heavy atom. The van der Waals surface area contributed by atoms with E-state index >= 15 is 0 Å². The first-order valence-corrected chi connectivity index (χ1v) is 19.8. The van der Waals surface area contributed by atoms with Crippen LogP contribution in [0.5, 0.6) is 0 Å². The third-order valence-electron chi connectivity index (χ3n) is 11.1. The van der Waals surface area contributed by atoms with Gasteiger partial charge >= 0.3 is 0 Å². The zero-order valence-electron chi connectivity index (χ0n) is 32.5. The third kappa shape index (κ3) is 8.04. The Morgan fingerprint density at radius 2 is 0.914 bits per heavy atom. The van der Waals surface area contributed by atoms with Crippen LogP contribution in [0.4, 0.5) is 0 Å². The van der Waals surface area contributed by atoms with Gasteiger partial charge in [-0.25, -0.2) is 9.97 Å². The van der Waals surface area contributed by atoms with Crippen molar-refractivity contribution in [3.63, 3.8) is 0 Å². The highest BCUT2D eigenvalue weighted by Gasteiger charge is 2.38. The van der Waals surface area contributed by atoms with E-state index in [1.165, 1.54) is 13.8 Å². The fraction of sp³-hybridized carbons (Fsp3) is 0.261. The van der Waals surface area contributed by atoms with E-state index in [2.05, 4.69) is 69.1 Å². The lowest BCUT2D eigenvalue weighted by atomic mass is 10.0. The van der Waals surface area contributed by atoms with Crippen molar-refractivity contribution in [1.82, 2.24) is 40.4 Å². The van der Waals surface area contributed by atoms with Crippen LogP contribution >= 0.6 is 0 Å². The van der Waals surface area contributed by atoms with Gasteiger partial charge in [0.2, 0.25) is 23.6 Å². The van der Waals surface area contributed by atoms with Crippen LogP contribution in [0.1, 0.15) is 86.5 Å². The average molecular weight is 775 g/mol. The number of benzene rings is 4. The van der Waals surface area contributed by atoms with Gasteiger partial charge in [0.15, 0.2) is 0 Å². The Hall–Kier alpha value is -6.82. The van der Waals surface area contributed by atoms with Gasteiger partial charge in [0.25, 0.3) is 0 Å². The first-order chi connectivity index (χ1) is 28.2. The molecule has 0 radical (unpaired) electrons. The second-order valence-electron chi connectivity index (χ2n) is 15.0. The highest BCUT2D eigenvalue weighted by atomic mass is 16.2. The Balaban J connectivity index is 0.929. The molecule has 4 atom stereocenters. The minimum Gasteiger partial charge on any atom is -0.341 e. The second-order valence-corrected chi connectivity index (χ2v) is 15.0. The summed E-state index contributed by atoms with van der Waals surface area (Å²) in [4.78, 5) is 71.8. The first-order valence-electron chi connectivity index (χ1n) is 19.8. The molecule has 58 heavy (non-hydrogen) atoms. The van der Waals surface area contributed by atoms with E-state index in [4.69, 9.17) is 9.97 Å². The van der Waals surface area contributed by atoms with Gasteiger partial charge in [-0.2, -0.15) is 0 Å². The lowest BCUT2D eigenvalue weighted by Crippen LogP contribution is -2.42. The van der Waals surface area contributed by atoms with Gasteiger partial charge in [-0.15, -0.1) is 0 Å². The number of hydrogen-bond acceptors (Lipinski definition) is 6. The maximum atomic E-state index is 13.8. The van der Waals surface area contributed by atoms with Gasteiger partial charge in [0.05, 0.1) is 35.9 Å². The van der Waals surface area contributed by atoms with Crippen molar-refractivity contribution < 1.29 is 19.2 Å². The van der Waals surface area contributed by atoms with E-state index in [1.807, 2.05) is 82.9 Å². The number of nitrogens with zero attached hydrogens (tertiary/aromatic N) is 4. The smallest absolute Gasteiger partial charge is 0.250 e. The molecular weight excluding hydrogens is 729 g/mol. The van der Waals surface area contributed by atoms with E-state index in [9.17, 15) is 19.2 Å². The van der Waals surface area contributed by atoms with E-state index in [0.29, 0.717) is 13.1 Å². The SMILES string of the molecule is CC(=O)N[C@@H](C(=O)N1CCCC1c1ncc(-c2ccc(-c3ccc(-c4cnc(C5CCCN5C(=O)[C@H](NC(C)=O)c5ccccc5)[nH]4)cc3)cc2)[nH]1)c1ccccc1. The predicted molar refractivity (Wildman–Crippen MR) is 220 cm³/mol. The van der Waals surface area contributed by atoms with E-state index in [-0.39, 0.29) is 35.7 Å². The molecule has 6 aromatic rings. The molecule has 12 heteroatoms. The molecule has 4 amide bonds. The number of likely N-dealkylation sites (tertiary alicyclic amines) is 2. The highest BCUT2D eigenvalue weighted by molar-refractivity contribution is 5.89. The standard InChI is InChI=1S/C46H46N8O4/c1-29(55)49-41(35-11-5-3-6-12-35)45(57)53-25-9-15-39(53)43-47-27-37(51-43)33-21-17-31(18-22-33)32-19-23-34(24-20-32)38-28-48-44(52-38)40-16-10-26-54(40)46(58)42(50-30(2)56)36-13-7-4-8-14-36/h3-8,11-14,17-24,27-28,39-42H,9-10,15-16,25-26H2,1-2H3,(H,47,51)(H,48,52)(H,49,55)(H,50,56)/t39?,40?,41-,42-/m1/s1. The summed E-state index contributed by atoms with van der Waals surface area (Å²) < 4.78 is 0. The van der Waals surface area contributed by atoms with E-state index in [0.717, 1.165) is 82.1 Å². The second kappa shape index (κ2) is 16.7. The number of amides is 4. The molecule has 0 saturated carbocycles. The van der Waals surface area contributed by atoms with Gasteiger partial charge in [-0.3, -0.25) is 19.2 Å². The van der Waals surface area contributed by atoms with Crippen LogP contribution in [0.25, 0.3) is 33.6 Å². The molecular formula is C46H46N8O4. The largest absolute Gasteiger partial charge is 0.341 e. The number of nitrogens with one attached hydrogen (secondary N) is 4. The maximum absolute atomic E-state index is 13.8. The summed E-state index contributed by atoms with van der Waals surface area (Å²) in [6.45, 7) is 4.04. The minimum atomic E-state index is -0.760. The van der Waals surface area contributed by atoms with Crippen LogP contribution in [0.15, 0.2) is 122 Å². The summed E-state index contributed by atoms with van der Waals surface area (Å²) in [5.41, 5.74) is 7.30. The number of rotatable bonds is 11. The molecule has 4 heterocycles. The molecule has 4 N–H and O–H groups in total.